The molecule has 5 nitrogen and oxygen atoms in total. The van der Waals surface area contributed by atoms with Gasteiger partial charge in [-0.3, -0.25) is 0 Å². The van der Waals surface area contributed by atoms with Crippen molar-refractivity contribution in [1.82, 2.24) is 0 Å². The van der Waals surface area contributed by atoms with Crippen molar-refractivity contribution < 1.29 is 14.2 Å². The van der Waals surface area contributed by atoms with E-state index in [0.717, 1.165) is 22.7 Å². The van der Waals surface area contributed by atoms with Crippen LogP contribution < -0.4 is 19.1 Å². The minimum atomic E-state index is -0.772. The van der Waals surface area contributed by atoms with Crippen molar-refractivity contribution in [3.63, 3.8) is 0 Å². The largest absolute Gasteiger partial charge is 0.496 e. The summed E-state index contributed by atoms with van der Waals surface area (Å²) in [5, 5.41) is 0.748. The zero-order valence-corrected chi connectivity index (χ0v) is 17.8. The Kier molecular flexibility index (Phi) is 4.27. The molecule has 0 fully saturated rings. The fraction of sp³-hybridized carbons (Fsp3) is 0.409. The molecule has 0 saturated heterocycles. The van der Waals surface area contributed by atoms with Gasteiger partial charge in [-0.15, -0.1) is 0 Å². The molecule has 2 aliphatic heterocycles. The van der Waals surface area contributed by atoms with Gasteiger partial charge in [-0.2, -0.15) is 0 Å². The highest BCUT2D eigenvalue weighted by Gasteiger charge is 2.60. The second-order valence-corrected chi connectivity index (χ2v) is 8.00. The van der Waals surface area contributed by atoms with E-state index in [0.29, 0.717) is 22.9 Å². The summed E-state index contributed by atoms with van der Waals surface area (Å²) in [4.78, 5) is 6.93. The molecule has 0 radical (unpaired) electrons. The molecular formula is C22H25ClN2O3. The van der Waals surface area contributed by atoms with E-state index in [-0.39, 0.29) is 5.41 Å². The Bertz CT molecular complexity index is 990. The number of likely N-dealkylation sites (N-methyl/N-ethyl adjacent to an activating group) is 1. The normalized spacial score (nSPS) is 24.8. The van der Waals surface area contributed by atoms with Gasteiger partial charge in [-0.25, -0.2) is 4.99 Å². The molecule has 6 heteroatoms. The Morgan fingerprint density at radius 3 is 2.57 bits per heavy atom. The number of fused-ring (bicyclic) bond motifs is 2. The lowest BCUT2D eigenvalue weighted by Crippen LogP contribution is -2.61. The van der Waals surface area contributed by atoms with Gasteiger partial charge in [-0.1, -0.05) is 24.6 Å². The summed E-state index contributed by atoms with van der Waals surface area (Å²) in [6.45, 7) is 6.43. The molecule has 2 unspecified atom stereocenters. The summed E-state index contributed by atoms with van der Waals surface area (Å²) < 4.78 is 17.6. The van der Waals surface area contributed by atoms with Crippen LogP contribution >= 0.6 is 11.6 Å². The van der Waals surface area contributed by atoms with Crippen molar-refractivity contribution in [3.05, 3.63) is 40.4 Å². The quantitative estimate of drug-likeness (QED) is 0.703. The highest BCUT2D eigenvalue weighted by atomic mass is 35.5. The van der Waals surface area contributed by atoms with Crippen molar-refractivity contribution in [2.24, 2.45) is 4.99 Å². The first-order valence-corrected chi connectivity index (χ1v) is 9.73. The lowest BCUT2D eigenvalue weighted by molar-refractivity contribution is 0.0698. The number of aryl methyl sites for hydroxylation is 1. The second kappa shape index (κ2) is 6.31. The minimum absolute atomic E-state index is 0.316. The van der Waals surface area contributed by atoms with E-state index in [1.54, 1.807) is 14.2 Å². The second-order valence-electron chi connectivity index (χ2n) is 7.60. The molecule has 2 atom stereocenters. The first kappa shape index (κ1) is 18.9. The van der Waals surface area contributed by atoms with E-state index in [4.69, 9.17) is 30.8 Å². The minimum Gasteiger partial charge on any atom is -0.496 e. The summed E-state index contributed by atoms with van der Waals surface area (Å²) >= 11 is 6.45. The molecule has 0 aromatic heterocycles. The van der Waals surface area contributed by atoms with Crippen LogP contribution in [-0.2, 0) is 5.41 Å². The van der Waals surface area contributed by atoms with E-state index in [2.05, 4.69) is 24.8 Å². The van der Waals surface area contributed by atoms with Gasteiger partial charge < -0.3 is 19.1 Å². The standard InChI is InChI=1S/C22H25ClN2O3/c1-7-21(3)15-8-13(2)16(23)11-17(15)25(4)22(21)12-24-20-18(27-6)9-14(26-5)10-19(20)28-22/h8-12H,7H2,1-6H3. The zero-order chi connectivity index (χ0) is 20.3. The van der Waals surface area contributed by atoms with Crippen LogP contribution in [0.5, 0.6) is 17.2 Å². The van der Waals surface area contributed by atoms with E-state index in [1.165, 1.54) is 5.56 Å². The number of benzene rings is 2. The lowest BCUT2D eigenvalue weighted by atomic mass is 9.73. The molecule has 1 spiro atoms. The molecule has 2 aliphatic rings. The van der Waals surface area contributed by atoms with E-state index < -0.39 is 5.72 Å². The summed E-state index contributed by atoms with van der Waals surface area (Å²) in [5.74, 6) is 1.93. The highest BCUT2D eigenvalue weighted by molar-refractivity contribution is 6.31. The van der Waals surface area contributed by atoms with Crippen LogP contribution in [0, 0.1) is 6.92 Å². The number of ether oxygens (including phenoxy) is 3. The molecule has 2 aromatic carbocycles. The number of nitrogens with zero attached hydrogens (tertiary/aromatic N) is 2. The first-order valence-electron chi connectivity index (χ1n) is 9.36. The third-order valence-electron chi connectivity index (χ3n) is 6.33. The fourth-order valence-electron chi connectivity index (χ4n) is 4.37. The van der Waals surface area contributed by atoms with Crippen molar-refractivity contribution in [1.29, 1.82) is 0 Å². The van der Waals surface area contributed by atoms with Gasteiger partial charge >= 0.3 is 0 Å². The Morgan fingerprint density at radius 2 is 1.93 bits per heavy atom. The predicted octanol–water partition coefficient (Wildman–Crippen LogP) is 5.27. The summed E-state index contributed by atoms with van der Waals surface area (Å²) in [7, 11) is 5.27. The van der Waals surface area contributed by atoms with Crippen LogP contribution in [0.4, 0.5) is 11.4 Å². The fourth-order valence-corrected chi connectivity index (χ4v) is 4.53. The van der Waals surface area contributed by atoms with Gasteiger partial charge in [0.05, 0.1) is 25.8 Å². The van der Waals surface area contributed by atoms with Gasteiger partial charge in [0.15, 0.2) is 11.5 Å². The number of halogens is 1. The maximum atomic E-state index is 6.72. The van der Waals surface area contributed by atoms with Crippen molar-refractivity contribution in [2.45, 2.75) is 38.3 Å². The Hall–Kier alpha value is -2.40. The average Bonchev–Trinajstić information content (AvgIpc) is 2.87. The summed E-state index contributed by atoms with van der Waals surface area (Å²) in [5.41, 5.74) is 2.91. The molecule has 2 heterocycles. The molecule has 148 valence electrons. The molecule has 2 aromatic rings. The third-order valence-corrected chi connectivity index (χ3v) is 6.74. The van der Waals surface area contributed by atoms with Gasteiger partial charge in [0, 0.05) is 29.9 Å². The first-order chi connectivity index (χ1) is 13.3. The Balaban J connectivity index is 1.93. The monoisotopic (exact) mass is 400 g/mol. The van der Waals surface area contributed by atoms with E-state index in [1.807, 2.05) is 38.4 Å². The molecule has 28 heavy (non-hydrogen) atoms. The van der Waals surface area contributed by atoms with Crippen LogP contribution in [0.15, 0.2) is 29.3 Å². The van der Waals surface area contributed by atoms with Crippen LogP contribution in [0.1, 0.15) is 31.4 Å². The van der Waals surface area contributed by atoms with Gasteiger partial charge in [-0.05, 0) is 37.5 Å². The molecule has 0 N–H and O–H groups in total. The number of rotatable bonds is 3. The predicted molar refractivity (Wildman–Crippen MR) is 113 cm³/mol. The number of hydrogen-bond acceptors (Lipinski definition) is 5. The SMILES string of the molecule is CCC1(C)c2cc(C)c(Cl)cc2N(C)C12C=Nc1c(OC)cc(OC)cc1O2. The molecule has 0 aliphatic carbocycles. The van der Waals surface area contributed by atoms with Crippen molar-refractivity contribution in [2.75, 3.05) is 26.2 Å². The van der Waals surface area contributed by atoms with Crippen molar-refractivity contribution in [3.8, 4) is 17.2 Å². The maximum Gasteiger partial charge on any atom is 0.228 e. The molecule has 0 bridgehead atoms. The molecule has 0 amide bonds. The highest BCUT2D eigenvalue weighted by Crippen LogP contribution is 2.57. The zero-order valence-electron chi connectivity index (χ0n) is 17.1. The van der Waals surface area contributed by atoms with Gasteiger partial charge in [0.1, 0.15) is 11.4 Å². The molecule has 0 saturated carbocycles. The van der Waals surface area contributed by atoms with Crippen LogP contribution in [0.2, 0.25) is 5.02 Å². The number of hydrogen-bond donors (Lipinski definition) is 0. The van der Waals surface area contributed by atoms with E-state index >= 15 is 0 Å². The lowest BCUT2D eigenvalue weighted by Gasteiger charge is -2.46. The Labute approximate surface area is 170 Å². The smallest absolute Gasteiger partial charge is 0.228 e. The third kappa shape index (κ3) is 2.29. The number of aliphatic imine (C=N–C) groups is 1. The topological polar surface area (TPSA) is 43.3 Å². The Morgan fingerprint density at radius 1 is 1.18 bits per heavy atom. The van der Waals surface area contributed by atoms with E-state index in [9.17, 15) is 0 Å². The van der Waals surface area contributed by atoms with Crippen molar-refractivity contribution >= 4 is 29.2 Å². The van der Waals surface area contributed by atoms with Crippen LogP contribution in [-0.4, -0.2) is 33.2 Å². The van der Waals surface area contributed by atoms with Crippen LogP contribution in [0.25, 0.3) is 0 Å². The van der Waals surface area contributed by atoms with Gasteiger partial charge in [0.25, 0.3) is 0 Å². The number of methoxy groups -OCH3 is 2. The number of anilines is 1. The van der Waals surface area contributed by atoms with Crippen LogP contribution in [0.3, 0.4) is 0 Å². The summed E-state index contributed by atoms with van der Waals surface area (Å²) in [6.07, 6.45) is 2.77. The molecule has 4 rings (SSSR count). The average molecular weight is 401 g/mol. The van der Waals surface area contributed by atoms with Gasteiger partial charge in [0.2, 0.25) is 5.72 Å². The molecular weight excluding hydrogens is 376 g/mol. The maximum absolute atomic E-state index is 6.72. The summed E-state index contributed by atoms with van der Waals surface area (Å²) in [6, 6.07) is 7.87.